The van der Waals surface area contributed by atoms with Crippen molar-refractivity contribution in [1.82, 2.24) is 10.3 Å². The fraction of sp³-hybridized carbons (Fsp3) is 0.100. The van der Waals surface area contributed by atoms with Gasteiger partial charge in [0.25, 0.3) is 5.91 Å². The Labute approximate surface area is 145 Å². The first-order valence-electron chi connectivity index (χ1n) is 7.97. The van der Waals surface area contributed by atoms with E-state index < -0.39 is 0 Å². The van der Waals surface area contributed by atoms with Gasteiger partial charge in [-0.25, -0.2) is 4.39 Å². The molecule has 4 nitrogen and oxygen atoms in total. The van der Waals surface area contributed by atoms with Crippen LogP contribution in [0.15, 0.2) is 73.1 Å². The maximum atomic E-state index is 13.6. The number of anilines is 1. The number of nitrogens with one attached hydrogen (secondary N) is 2. The summed E-state index contributed by atoms with van der Waals surface area (Å²) in [4.78, 5) is 16.3. The number of hydrogen-bond donors (Lipinski definition) is 2. The molecule has 0 aliphatic carbocycles. The summed E-state index contributed by atoms with van der Waals surface area (Å²) < 4.78 is 13.6. The average molecular weight is 335 g/mol. The molecule has 0 saturated heterocycles. The summed E-state index contributed by atoms with van der Waals surface area (Å²) in [6.45, 7) is 0.774. The smallest absolute Gasteiger partial charge is 0.253 e. The molecule has 25 heavy (non-hydrogen) atoms. The highest BCUT2D eigenvalue weighted by atomic mass is 19.1. The molecule has 0 bridgehead atoms. The number of aromatic nitrogens is 1. The molecular formula is C20H18FN3O. The van der Waals surface area contributed by atoms with Gasteiger partial charge in [-0.05, 0) is 17.7 Å². The predicted octanol–water partition coefficient (Wildman–Crippen LogP) is 3.76. The lowest BCUT2D eigenvalue weighted by atomic mass is 10.2. The Bertz CT molecular complexity index is 852. The highest BCUT2D eigenvalue weighted by Gasteiger charge is 2.07. The van der Waals surface area contributed by atoms with Crippen molar-refractivity contribution in [2.75, 3.05) is 5.32 Å². The van der Waals surface area contributed by atoms with Gasteiger partial charge in [0.2, 0.25) is 0 Å². The van der Waals surface area contributed by atoms with E-state index in [1.807, 2.05) is 30.3 Å². The highest BCUT2D eigenvalue weighted by molar-refractivity contribution is 5.94. The van der Waals surface area contributed by atoms with Gasteiger partial charge in [0.1, 0.15) is 5.82 Å². The number of pyridine rings is 1. The zero-order chi connectivity index (χ0) is 17.5. The Hall–Kier alpha value is -3.21. The normalized spacial score (nSPS) is 10.3. The van der Waals surface area contributed by atoms with E-state index in [4.69, 9.17) is 0 Å². The van der Waals surface area contributed by atoms with Crippen molar-refractivity contribution in [1.29, 1.82) is 0 Å². The van der Waals surface area contributed by atoms with Crippen molar-refractivity contribution in [3.8, 4) is 0 Å². The van der Waals surface area contributed by atoms with Gasteiger partial charge in [0.05, 0.1) is 11.3 Å². The zero-order valence-corrected chi connectivity index (χ0v) is 13.6. The third-order valence-electron chi connectivity index (χ3n) is 3.74. The number of halogens is 1. The Morgan fingerprint density at radius 2 is 1.72 bits per heavy atom. The van der Waals surface area contributed by atoms with Gasteiger partial charge in [-0.1, -0.05) is 48.5 Å². The highest BCUT2D eigenvalue weighted by Crippen LogP contribution is 2.12. The molecule has 3 aromatic rings. The van der Waals surface area contributed by atoms with Crippen molar-refractivity contribution >= 4 is 11.6 Å². The average Bonchev–Trinajstić information content (AvgIpc) is 2.66. The van der Waals surface area contributed by atoms with Crippen LogP contribution in [0, 0.1) is 5.82 Å². The van der Waals surface area contributed by atoms with Crippen molar-refractivity contribution in [3.05, 3.63) is 95.6 Å². The van der Waals surface area contributed by atoms with Gasteiger partial charge in [-0.15, -0.1) is 0 Å². The van der Waals surface area contributed by atoms with Gasteiger partial charge < -0.3 is 10.6 Å². The molecule has 3 rings (SSSR count). The third-order valence-corrected chi connectivity index (χ3v) is 3.74. The molecule has 126 valence electrons. The molecule has 1 amide bonds. The van der Waals surface area contributed by atoms with Crippen molar-refractivity contribution in [2.45, 2.75) is 13.1 Å². The quantitative estimate of drug-likeness (QED) is 0.721. The predicted molar refractivity (Wildman–Crippen MR) is 95.6 cm³/mol. The summed E-state index contributed by atoms with van der Waals surface area (Å²) in [7, 11) is 0. The molecule has 0 spiro atoms. The second kappa shape index (κ2) is 8.06. The minimum absolute atomic E-state index is 0.203. The molecule has 0 aliphatic heterocycles. The largest absolute Gasteiger partial charge is 0.380 e. The maximum Gasteiger partial charge on any atom is 0.253 e. The summed E-state index contributed by atoms with van der Waals surface area (Å²) in [6, 6.07) is 18.0. The van der Waals surface area contributed by atoms with E-state index in [1.54, 1.807) is 30.5 Å². The molecular weight excluding hydrogens is 317 g/mol. The van der Waals surface area contributed by atoms with Gasteiger partial charge in [0, 0.05) is 31.0 Å². The number of rotatable bonds is 6. The van der Waals surface area contributed by atoms with E-state index >= 15 is 0 Å². The molecule has 1 heterocycles. The zero-order valence-electron chi connectivity index (χ0n) is 13.6. The van der Waals surface area contributed by atoms with Crippen LogP contribution in [-0.2, 0) is 13.1 Å². The summed E-state index contributed by atoms with van der Waals surface area (Å²) in [6.07, 6.45) is 3.11. The minimum atomic E-state index is -0.264. The lowest BCUT2D eigenvalue weighted by molar-refractivity contribution is 0.0950. The Morgan fingerprint density at radius 1 is 0.960 bits per heavy atom. The van der Waals surface area contributed by atoms with Crippen LogP contribution in [0.2, 0.25) is 0 Å². The fourth-order valence-electron chi connectivity index (χ4n) is 2.38. The molecule has 2 aromatic carbocycles. The van der Waals surface area contributed by atoms with Gasteiger partial charge >= 0.3 is 0 Å². The van der Waals surface area contributed by atoms with Crippen LogP contribution in [0.1, 0.15) is 21.5 Å². The van der Waals surface area contributed by atoms with Crippen LogP contribution in [0.25, 0.3) is 0 Å². The molecule has 0 radical (unpaired) electrons. The number of nitrogens with zero attached hydrogens (tertiary/aromatic N) is 1. The molecule has 0 atom stereocenters. The molecule has 1 aromatic heterocycles. The lowest BCUT2D eigenvalue weighted by Crippen LogP contribution is -2.23. The first kappa shape index (κ1) is 16.6. The van der Waals surface area contributed by atoms with Gasteiger partial charge in [-0.3, -0.25) is 9.78 Å². The number of benzene rings is 2. The van der Waals surface area contributed by atoms with Gasteiger partial charge in [-0.2, -0.15) is 0 Å². The van der Waals surface area contributed by atoms with Crippen LogP contribution >= 0.6 is 0 Å². The summed E-state index contributed by atoms with van der Waals surface area (Å²) in [5.41, 5.74) is 2.70. The summed E-state index contributed by atoms with van der Waals surface area (Å²) in [5, 5.41) is 5.95. The van der Waals surface area contributed by atoms with Crippen molar-refractivity contribution in [3.63, 3.8) is 0 Å². The summed E-state index contributed by atoms with van der Waals surface area (Å²) in [5.74, 6) is -0.467. The molecule has 0 unspecified atom stereocenters. The number of hydrogen-bond acceptors (Lipinski definition) is 3. The van der Waals surface area contributed by atoms with Crippen LogP contribution < -0.4 is 10.6 Å². The van der Waals surface area contributed by atoms with Crippen LogP contribution in [0.5, 0.6) is 0 Å². The Kier molecular flexibility index (Phi) is 5.36. The van der Waals surface area contributed by atoms with E-state index in [0.29, 0.717) is 29.9 Å². The molecule has 0 fully saturated rings. The first-order chi connectivity index (χ1) is 12.2. The minimum Gasteiger partial charge on any atom is -0.380 e. The second-order valence-electron chi connectivity index (χ2n) is 5.58. The van der Waals surface area contributed by atoms with E-state index in [1.165, 1.54) is 12.3 Å². The van der Waals surface area contributed by atoms with Gasteiger partial charge in [0.15, 0.2) is 0 Å². The first-order valence-corrected chi connectivity index (χ1v) is 7.97. The van der Waals surface area contributed by atoms with E-state index in [2.05, 4.69) is 15.6 Å². The Morgan fingerprint density at radius 3 is 2.52 bits per heavy atom. The number of amides is 1. The van der Waals surface area contributed by atoms with E-state index in [9.17, 15) is 9.18 Å². The standard InChI is InChI=1S/C20H18FN3O/c21-19-9-5-4-8-16(19)13-23-18-10-17(12-22-14-18)20(25)24-11-15-6-2-1-3-7-15/h1-10,12,14,23H,11,13H2,(H,24,25). The van der Waals surface area contributed by atoms with Crippen molar-refractivity contribution in [2.24, 2.45) is 0 Å². The third kappa shape index (κ3) is 4.64. The molecule has 0 saturated carbocycles. The maximum absolute atomic E-state index is 13.6. The fourth-order valence-corrected chi connectivity index (χ4v) is 2.38. The van der Waals surface area contributed by atoms with E-state index in [0.717, 1.165) is 5.56 Å². The molecule has 2 N–H and O–H groups in total. The second-order valence-corrected chi connectivity index (χ2v) is 5.58. The number of carbonyl (C=O) groups excluding carboxylic acids is 1. The van der Waals surface area contributed by atoms with Crippen LogP contribution in [0.4, 0.5) is 10.1 Å². The summed E-state index contributed by atoms with van der Waals surface area (Å²) >= 11 is 0. The van der Waals surface area contributed by atoms with Crippen LogP contribution in [0.3, 0.4) is 0 Å². The van der Waals surface area contributed by atoms with E-state index in [-0.39, 0.29) is 11.7 Å². The van der Waals surface area contributed by atoms with Crippen LogP contribution in [-0.4, -0.2) is 10.9 Å². The SMILES string of the molecule is O=C(NCc1ccccc1)c1cncc(NCc2ccccc2F)c1. The topological polar surface area (TPSA) is 54.0 Å². The lowest BCUT2D eigenvalue weighted by Gasteiger charge is -2.09. The molecule has 0 aliphatic rings. The Balaban J connectivity index is 1.61. The molecule has 5 heteroatoms. The van der Waals surface area contributed by atoms with Crippen molar-refractivity contribution < 1.29 is 9.18 Å². The number of carbonyl (C=O) groups is 1. The monoisotopic (exact) mass is 335 g/mol.